The van der Waals surface area contributed by atoms with Gasteiger partial charge in [-0.25, -0.2) is 18.4 Å². The van der Waals surface area contributed by atoms with E-state index in [9.17, 15) is 13.2 Å². The first kappa shape index (κ1) is 25.5. The second kappa shape index (κ2) is 11.1. The quantitative estimate of drug-likeness (QED) is 0.353. The number of carbonyl (C=O) groups is 1. The van der Waals surface area contributed by atoms with Crippen molar-refractivity contribution in [2.24, 2.45) is 0 Å². The van der Waals surface area contributed by atoms with Crippen LogP contribution in [0.5, 0.6) is 5.88 Å². The molecule has 196 valence electrons. The monoisotopic (exact) mass is 543 g/mol. The van der Waals surface area contributed by atoms with Crippen LogP contribution in [0, 0.1) is 0 Å². The van der Waals surface area contributed by atoms with E-state index < -0.39 is 16.1 Å². The van der Waals surface area contributed by atoms with Gasteiger partial charge in [0.05, 0.1) is 46.6 Å². The summed E-state index contributed by atoms with van der Waals surface area (Å²) in [4.78, 5) is 33.6. The smallest absolute Gasteiger partial charge is 0.280 e. The lowest BCUT2D eigenvalue weighted by Crippen LogP contribution is -2.40. The molecule has 3 aromatic heterocycles. The van der Waals surface area contributed by atoms with Gasteiger partial charge in [0.15, 0.2) is 5.01 Å². The summed E-state index contributed by atoms with van der Waals surface area (Å²) in [6.45, 7) is 5.21. The average molecular weight is 544 g/mol. The maximum absolute atomic E-state index is 13.2. The first-order valence-electron chi connectivity index (χ1n) is 12.3. The molecule has 0 bridgehead atoms. The second-order valence-electron chi connectivity index (χ2n) is 9.03. The lowest BCUT2D eigenvalue weighted by Gasteiger charge is -2.32. The number of ether oxygens (including phenoxy) is 1. The number of nitrogens with zero attached hydrogens (tertiary/aromatic N) is 5. The zero-order valence-corrected chi connectivity index (χ0v) is 22.1. The molecule has 2 N–H and O–H groups in total. The highest BCUT2D eigenvalue weighted by molar-refractivity contribution is 7.93. The molecule has 11 nitrogen and oxygen atoms in total. The summed E-state index contributed by atoms with van der Waals surface area (Å²) in [5, 5.41) is 3.02. The molecule has 3 aromatic rings. The van der Waals surface area contributed by atoms with Crippen LogP contribution in [0.3, 0.4) is 0 Å². The van der Waals surface area contributed by atoms with Crippen LogP contribution in [-0.4, -0.2) is 70.7 Å². The van der Waals surface area contributed by atoms with Crippen molar-refractivity contribution >= 4 is 33.0 Å². The summed E-state index contributed by atoms with van der Waals surface area (Å²) < 4.78 is 32.9. The summed E-state index contributed by atoms with van der Waals surface area (Å²) >= 11 is 1.22. The first-order chi connectivity index (χ1) is 17.9. The van der Waals surface area contributed by atoms with Crippen LogP contribution in [0.4, 0.5) is 5.69 Å². The molecule has 0 radical (unpaired) electrons. The average Bonchev–Trinajstić information content (AvgIpc) is 3.61. The molecule has 1 saturated heterocycles. The third kappa shape index (κ3) is 6.40. The summed E-state index contributed by atoms with van der Waals surface area (Å²) in [6.07, 6.45) is 9.47. The number of aromatic nitrogens is 4. The normalized spacial score (nSPS) is 16.6. The SMILES string of the molecule is CCOc1cncc(-c2cnc(C(=O)NC(CCN3CCC3)c3cc(NS(=O)(=O)C4CC4)ccn3)s2)n1. The predicted octanol–water partition coefficient (Wildman–Crippen LogP) is 2.86. The summed E-state index contributed by atoms with van der Waals surface area (Å²) in [6, 6.07) is 2.91. The molecule has 1 amide bonds. The molecule has 1 unspecified atom stereocenters. The van der Waals surface area contributed by atoms with Gasteiger partial charge in [0, 0.05) is 18.9 Å². The first-order valence-corrected chi connectivity index (χ1v) is 14.7. The molecular formula is C24H29N7O4S2. The van der Waals surface area contributed by atoms with Gasteiger partial charge in [-0.1, -0.05) is 0 Å². The summed E-state index contributed by atoms with van der Waals surface area (Å²) in [7, 11) is -3.40. The number of pyridine rings is 1. The van der Waals surface area contributed by atoms with Gasteiger partial charge in [-0.3, -0.25) is 19.5 Å². The van der Waals surface area contributed by atoms with Crippen molar-refractivity contribution in [3.05, 3.63) is 47.6 Å². The minimum absolute atomic E-state index is 0.290. The van der Waals surface area contributed by atoms with Crippen LogP contribution in [0.2, 0.25) is 0 Å². The number of sulfonamides is 1. The molecule has 4 heterocycles. The van der Waals surface area contributed by atoms with E-state index in [0.29, 0.717) is 53.7 Å². The van der Waals surface area contributed by atoms with Gasteiger partial charge >= 0.3 is 0 Å². The summed E-state index contributed by atoms with van der Waals surface area (Å²) in [5.74, 6) is 0.0817. The molecule has 2 fully saturated rings. The maximum atomic E-state index is 13.2. The molecule has 1 aliphatic carbocycles. The topological polar surface area (TPSA) is 139 Å². The lowest BCUT2D eigenvalue weighted by atomic mass is 10.1. The third-order valence-corrected chi connectivity index (χ3v) is 9.09. The molecule has 5 rings (SSSR count). The number of amides is 1. The number of hydrogen-bond acceptors (Lipinski definition) is 10. The van der Waals surface area contributed by atoms with E-state index in [0.717, 1.165) is 19.6 Å². The Morgan fingerprint density at radius 2 is 2.08 bits per heavy atom. The van der Waals surface area contributed by atoms with E-state index in [1.807, 2.05) is 6.92 Å². The highest BCUT2D eigenvalue weighted by Gasteiger charge is 2.35. The van der Waals surface area contributed by atoms with Crippen LogP contribution in [0.15, 0.2) is 36.9 Å². The zero-order valence-electron chi connectivity index (χ0n) is 20.5. The van der Waals surface area contributed by atoms with Crippen molar-refractivity contribution in [1.29, 1.82) is 0 Å². The number of carbonyl (C=O) groups excluding carboxylic acids is 1. The Balaban J connectivity index is 1.32. The van der Waals surface area contributed by atoms with Crippen LogP contribution >= 0.6 is 11.3 Å². The van der Waals surface area contributed by atoms with Gasteiger partial charge in [0.2, 0.25) is 15.9 Å². The van der Waals surface area contributed by atoms with Crippen LogP contribution in [-0.2, 0) is 10.0 Å². The minimum atomic E-state index is -3.40. The Bertz CT molecular complexity index is 1360. The van der Waals surface area contributed by atoms with E-state index in [1.54, 1.807) is 30.7 Å². The highest BCUT2D eigenvalue weighted by Crippen LogP contribution is 2.30. The molecule has 1 atom stereocenters. The largest absolute Gasteiger partial charge is 0.477 e. The number of rotatable bonds is 12. The Hall–Kier alpha value is -3.16. The van der Waals surface area contributed by atoms with Crippen LogP contribution < -0.4 is 14.8 Å². The molecule has 0 spiro atoms. The Morgan fingerprint density at radius 3 is 2.81 bits per heavy atom. The van der Waals surface area contributed by atoms with Crippen molar-refractivity contribution in [2.75, 3.05) is 31.0 Å². The lowest BCUT2D eigenvalue weighted by molar-refractivity contribution is 0.0925. The maximum Gasteiger partial charge on any atom is 0.280 e. The van der Waals surface area contributed by atoms with Crippen molar-refractivity contribution in [3.63, 3.8) is 0 Å². The van der Waals surface area contributed by atoms with E-state index in [2.05, 4.69) is 34.9 Å². The van der Waals surface area contributed by atoms with Gasteiger partial charge in [0.1, 0.15) is 5.69 Å². The number of nitrogens with one attached hydrogen (secondary N) is 2. The number of anilines is 1. The molecule has 0 aromatic carbocycles. The highest BCUT2D eigenvalue weighted by atomic mass is 32.2. The van der Waals surface area contributed by atoms with E-state index in [4.69, 9.17) is 4.74 Å². The van der Waals surface area contributed by atoms with Gasteiger partial charge in [-0.05, 0) is 57.8 Å². The molecule has 1 aliphatic heterocycles. The fraction of sp³-hybridized carbons (Fsp3) is 0.458. The zero-order chi connectivity index (χ0) is 25.8. The molecule has 13 heteroatoms. The van der Waals surface area contributed by atoms with Gasteiger partial charge < -0.3 is 15.0 Å². The minimum Gasteiger partial charge on any atom is -0.477 e. The fourth-order valence-electron chi connectivity index (χ4n) is 3.94. The molecule has 1 saturated carbocycles. The van der Waals surface area contributed by atoms with Gasteiger partial charge in [-0.2, -0.15) is 0 Å². The van der Waals surface area contributed by atoms with Crippen LogP contribution in [0.1, 0.15) is 54.1 Å². The Kier molecular flexibility index (Phi) is 7.63. The second-order valence-corrected chi connectivity index (χ2v) is 12.0. The van der Waals surface area contributed by atoms with Crippen LogP contribution in [0.25, 0.3) is 10.6 Å². The van der Waals surface area contributed by atoms with Crippen molar-refractivity contribution < 1.29 is 17.9 Å². The molecule has 37 heavy (non-hydrogen) atoms. The Labute approximate surface area is 219 Å². The Morgan fingerprint density at radius 1 is 1.24 bits per heavy atom. The fourth-order valence-corrected chi connectivity index (χ4v) is 6.09. The van der Waals surface area contributed by atoms with Crippen molar-refractivity contribution in [1.82, 2.24) is 30.2 Å². The predicted molar refractivity (Wildman–Crippen MR) is 140 cm³/mol. The van der Waals surface area contributed by atoms with E-state index in [-0.39, 0.29) is 16.2 Å². The number of hydrogen-bond donors (Lipinski definition) is 2. The number of thiazole rings is 1. The third-order valence-electron chi connectivity index (χ3n) is 6.21. The van der Waals surface area contributed by atoms with E-state index >= 15 is 0 Å². The summed E-state index contributed by atoms with van der Waals surface area (Å²) in [5.41, 5.74) is 1.62. The standard InChI is InChI=1S/C24H29N7O4S2/c1-2-35-22-15-25-13-20(28-22)21-14-27-24(36-21)23(32)29-18(7-11-31-9-3-10-31)19-12-16(6-8-26-19)30-37(33,34)17-4-5-17/h6,8,12-15,17-18H,2-5,7,9-11H2,1H3,(H,26,30)(H,29,32). The molecular weight excluding hydrogens is 514 g/mol. The van der Waals surface area contributed by atoms with Gasteiger partial charge in [0.25, 0.3) is 5.91 Å². The van der Waals surface area contributed by atoms with E-state index in [1.165, 1.54) is 24.0 Å². The van der Waals surface area contributed by atoms with Crippen molar-refractivity contribution in [3.8, 4) is 16.5 Å². The number of likely N-dealkylation sites (tertiary alicyclic amines) is 1. The van der Waals surface area contributed by atoms with Crippen molar-refractivity contribution in [2.45, 2.75) is 43.9 Å². The molecule has 2 aliphatic rings. The van der Waals surface area contributed by atoms with Gasteiger partial charge in [-0.15, -0.1) is 11.3 Å².